The second-order valence-electron chi connectivity index (χ2n) is 4.78. The van der Waals surface area contributed by atoms with Crippen molar-refractivity contribution in [2.24, 2.45) is 0 Å². The van der Waals surface area contributed by atoms with Gasteiger partial charge in [0.05, 0.1) is 5.92 Å². The van der Waals surface area contributed by atoms with Crippen molar-refractivity contribution in [2.45, 2.75) is 38.5 Å². The number of alkyl halides is 3. The molecule has 1 N–H and O–H groups in total. The van der Waals surface area contributed by atoms with Crippen molar-refractivity contribution in [3.63, 3.8) is 0 Å². The normalized spacial score (nSPS) is 15.0. The summed E-state index contributed by atoms with van der Waals surface area (Å²) in [6.07, 6.45) is -6.38. The number of aryl methyl sites for hydroxylation is 1. The fourth-order valence-electron chi connectivity index (χ4n) is 1.85. The maximum absolute atomic E-state index is 12.5. The number of hydrogen-bond donors (Lipinski definition) is 1. The van der Waals surface area contributed by atoms with Crippen molar-refractivity contribution in [3.8, 4) is 11.4 Å². The Bertz CT molecular complexity index is 593. The molecule has 0 aliphatic carbocycles. The summed E-state index contributed by atoms with van der Waals surface area (Å²) >= 11 is 0. The third kappa shape index (κ3) is 3.41. The van der Waals surface area contributed by atoms with Crippen molar-refractivity contribution in [2.75, 3.05) is 0 Å². The van der Waals surface area contributed by atoms with E-state index < -0.39 is 18.2 Å². The zero-order valence-corrected chi connectivity index (χ0v) is 11.6. The van der Waals surface area contributed by atoms with Gasteiger partial charge in [-0.05, 0) is 12.0 Å². The second-order valence-corrected chi connectivity index (χ2v) is 4.78. The molecule has 2 aromatic rings. The number of aliphatic hydroxyl groups excluding tert-OH is 1. The van der Waals surface area contributed by atoms with E-state index in [0.717, 1.165) is 12.0 Å². The SMILES string of the molecule is CCc1ccc(-c2noc(C(C)C(O)C(F)(F)F)n2)cc1. The molecule has 114 valence electrons. The molecular formula is C14H15F3N2O2. The van der Waals surface area contributed by atoms with E-state index in [4.69, 9.17) is 4.52 Å². The molecule has 0 amide bonds. The fraction of sp³-hybridized carbons (Fsp3) is 0.429. The van der Waals surface area contributed by atoms with Gasteiger partial charge in [0.2, 0.25) is 11.7 Å². The van der Waals surface area contributed by atoms with Gasteiger partial charge in [0, 0.05) is 5.56 Å². The Morgan fingerprint density at radius 3 is 2.38 bits per heavy atom. The van der Waals surface area contributed by atoms with Gasteiger partial charge in [-0.3, -0.25) is 0 Å². The van der Waals surface area contributed by atoms with Crippen molar-refractivity contribution in [1.29, 1.82) is 0 Å². The number of halogens is 3. The number of nitrogens with zero attached hydrogens (tertiary/aromatic N) is 2. The standard InChI is InChI=1S/C14H15F3N2O2/c1-3-9-4-6-10(7-5-9)12-18-13(21-19-12)8(2)11(20)14(15,16)17/h4-8,11,20H,3H2,1-2H3. The Labute approximate surface area is 119 Å². The van der Waals surface area contributed by atoms with E-state index in [-0.39, 0.29) is 11.7 Å². The molecule has 0 aliphatic rings. The lowest BCUT2D eigenvalue weighted by Gasteiger charge is -2.17. The molecule has 2 rings (SSSR count). The Kier molecular flexibility index (Phi) is 4.32. The van der Waals surface area contributed by atoms with Gasteiger partial charge in [-0.2, -0.15) is 18.2 Å². The van der Waals surface area contributed by atoms with Crippen LogP contribution < -0.4 is 0 Å². The summed E-state index contributed by atoms with van der Waals surface area (Å²) in [4.78, 5) is 3.93. The van der Waals surface area contributed by atoms with Crippen LogP contribution in [0.15, 0.2) is 28.8 Å². The second kappa shape index (κ2) is 5.85. The van der Waals surface area contributed by atoms with E-state index in [9.17, 15) is 18.3 Å². The number of benzene rings is 1. The molecule has 4 nitrogen and oxygen atoms in total. The summed E-state index contributed by atoms with van der Waals surface area (Å²) in [5.74, 6) is -1.36. The number of hydrogen-bond acceptors (Lipinski definition) is 4. The van der Waals surface area contributed by atoms with Gasteiger partial charge in [-0.25, -0.2) is 0 Å². The van der Waals surface area contributed by atoms with Crippen molar-refractivity contribution in [3.05, 3.63) is 35.7 Å². The molecule has 0 saturated carbocycles. The summed E-state index contributed by atoms with van der Waals surface area (Å²) in [5.41, 5.74) is 1.78. The molecule has 0 aliphatic heterocycles. The van der Waals surface area contributed by atoms with Gasteiger partial charge in [0.25, 0.3) is 0 Å². The molecule has 2 unspecified atom stereocenters. The predicted octanol–water partition coefficient (Wildman–Crippen LogP) is 3.33. The highest BCUT2D eigenvalue weighted by Gasteiger charge is 2.44. The summed E-state index contributed by atoms with van der Waals surface area (Å²) in [6, 6.07) is 7.33. The van der Waals surface area contributed by atoms with Crippen LogP contribution in [0.3, 0.4) is 0 Å². The molecule has 0 spiro atoms. The van der Waals surface area contributed by atoms with Gasteiger partial charge in [0.1, 0.15) is 0 Å². The van der Waals surface area contributed by atoms with E-state index >= 15 is 0 Å². The van der Waals surface area contributed by atoms with Crippen LogP contribution in [0.1, 0.15) is 31.2 Å². The van der Waals surface area contributed by atoms with Gasteiger partial charge in [-0.15, -0.1) is 0 Å². The van der Waals surface area contributed by atoms with Crippen LogP contribution in [0.5, 0.6) is 0 Å². The Morgan fingerprint density at radius 2 is 1.86 bits per heavy atom. The van der Waals surface area contributed by atoms with Crippen molar-refractivity contribution >= 4 is 0 Å². The predicted molar refractivity (Wildman–Crippen MR) is 69.6 cm³/mol. The Morgan fingerprint density at radius 1 is 1.24 bits per heavy atom. The number of aliphatic hydroxyl groups is 1. The summed E-state index contributed by atoms with van der Waals surface area (Å²) in [6.45, 7) is 3.21. The zero-order valence-electron chi connectivity index (χ0n) is 11.6. The first-order valence-electron chi connectivity index (χ1n) is 6.50. The minimum absolute atomic E-state index is 0.203. The summed E-state index contributed by atoms with van der Waals surface area (Å²) in [5, 5.41) is 12.9. The molecule has 1 aromatic heterocycles. The van der Waals surface area contributed by atoms with E-state index in [1.165, 1.54) is 6.92 Å². The first-order chi connectivity index (χ1) is 9.82. The van der Waals surface area contributed by atoms with E-state index in [1.807, 2.05) is 19.1 Å². The monoisotopic (exact) mass is 300 g/mol. The molecule has 0 saturated heterocycles. The largest absolute Gasteiger partial charge is 0.415 e. The summed E-state index contributed by atoms with van der Waals surface area (Å²) in [7, 11) is 0. The van der Waals surface area contributed by atoms with Crippen LogP contribution in [0.2, 0.25) is 0 Å². The molecule has 1 heterocycles. The van der Waals surface area contributed by atoms with E-state index in [0.29, 0.717) is 5.56 Å². The highest BCUT2D eigenvalue weighted by Crippen LogP contribution is 2.31. The average Bonchev–Trinajstić information content (AvgIpc) is 2.94. The first kappa shape index (κ1) is 15.5. The number of aromatic nitrogens is 2. The summed E-state index contributed by atoms with van der Waals surface area (Å²) < 4.78 is 42.2. The fourth-order valence-corrected chi connectivity index (χ4v) is 1.85. The van der Waals surface area contributed by atoms with Gasteiger partial charge >= 0.3 is 6.18 Å². The van der Waals surface area contributed by atoms with Crippen LogP contribution >= 0.6 is 0 Å². The molecule has 0 fully saturated rings. The minimum Gasteiger partial charge on any atom is -0.383 e. The third-order valence-corrected chi connectivity index (χ3v) is 3.26. The highest BCUT2D eigenvalue weighted by molar-refractivity contribution is 5.54. The van der Waals surface area contributed by atoms with Gasteiger partial charge in [0.15, 0.2) is 6.10 Å². The quantitative estimate of drug-likeness (QED) is 0.941. The maximum Gasteiger partial charge on any atom is 0.415 e. The molecule has 0 radical (unpaired) electrons. The lowest BCUT2D eigenvalue weighted by molar-refractivity contribution is -0.210. The van der Waals surface area contributed by atoms with Gasteiger partial charge < -0.3 is 9.63 Å². The van der Waals surface area contributed by atoms with Crippen LogP contribution in [0, 0.1) is 0 Å². The highest BCUT2D eigenvalue weighted by atomic mass is 19.4. The smallest absolute Gasteiger partial charge is 0.383 e. The van der Waals surface area contributed by atoms with Crippen LogP contribution in [-0.2, 0) is 6.42 Å². The van der Waals surface area contributed by atoms with Crippen LogP contribution in [-0.4, -0.2) is 27.5 Å². The molecular weight excluding hydrogens is 285 g/mol. The van der Waals surface area contributed by atoms with Crippen LogP contribution in [0.4, 0.5) is 13.2 Å². The van der Waals surface area contributed by atoms with Crippen LogP contribution in [0.25, 0.3) is 11.4 Å². The molecule has 7 heteroatoms. The Hall–Kier alpha value is -1.89. The number of rotatable bonds is 4. The van der Waals surface area contributed by atoms with E-state index in [2.05, 4.69) is 10.1 Å². The minimum atomic E-state index is -4.73. The van der Waals surface area contributed by atoms with Crippen molar-refractivity contribution in [1.82, 2.24) is 10.1 Å². The zero-order chi connectivity index (χ0) is 15.6. The lowest BCUT2D eigenvalue weighted by atomic mass is 10.0. The molecule has 2 atom stereocenters. The van der Waals surface area contributed by atoms with E-state index in [1.54, 1.807) is 12.1 Å². The first-order valence-corrected chi connectivity index (χ1v) is 6.50. The molecule has 21 heavy (non-hydrogen) atoms. The van der Waals surface area contributed by atoms with Crippen molar-refractivity contribution < 1.29 is 22.8 Å². The Balaban J connectivity index is 2.21. The molecule has 1 aromatic carbocycles. The third-order valence-electron chi connectivity index (χ3n) is 3.26. The maximum atomic E-state index is 12.5. The average molecular weight is 300 g/mol. The van der Waals surface area contributed by atoms with Gasteiger partial charge in [-0.1, -0.05) is 43.3 Å². The molecule has 0 bridgehead atoms. The lowest BCUT2D eigenvalue weighted by Crippen LogP contribution is -2.33. The topological polar surface area (TPSA) is 59.2 Å².